The highest BCUT2D eigenvalue weighted by Gasteiger charge is 2.18. The van der Waals surface area contributed by atoms with Crippen LogP contribution in [0.5, 0.6) is 0 Å². The molecule has 0 radical (unpaired) electrons. The molecule has 5 heteroatoms. The van der Waals surface area contributed by atoms with Crippen LogP contribution < -0.4 is 4.90 Å². The van der Waals surface area contributed by atoms with E-state index in [0.717, 1.165) is 16.0 Å². The van der Waals surface area contributed by atoms with E-state index in [0.29, 0.717) is 19.0 Å². The van der Waals surface area contributed by atoms with Crippen molar-refractivity contribution in [2.45, 2.75) is 40.2 Å². The van der Waals surface area contributed by atoms with Crippen LogP contribution in [0.25, 0.3) is 10.2 Å². The van der Waals surface area contributed by atoms with Crippen LogP contribution in [0, 0.1) is 25.2 Å². The molecule has 0 unspecified atom stereocenters. The third kappa shape index (κ3) is 2.54. The van der Waals surface area contributed by atoms with Gasteiger partial charge in [0.25, 0.3) is 0 Å². The molecule has 19 heavy (non-hydrogen) atoms. The zero-order valence-corrected chi connectivity index (χ0v) is 12.6. The number of rotatable bonds is 4. The summed E-state index contributed by atoms with van der Waals surface area (Å²) in [4.78, 5) is 13.3. The molecule has 2 aromatic rings. The minimum absolute atomic E-state index is 0.311. The summed E-state index contributed by atoms with van der Waals surface area (Å²) in [5.41, 5.74) is 1.25. The second kappa shape index (κ2) is 5.54. The van der Waals surface area contributed by atoms with Crippen molar-refractivity contribution in [1.29, 1.82) is 5.26 Å². The maximum atomic E-state index is 8.81. The van der Waals surface area contributed by atoms with Gasteiger partial charge in [0.1, 0.15) is 17.0 Å². The topological polar surface area (TPSA) is 52.8 Å². The molecular weight excluding hydrogens is 256 g/mol. The first-order chi connectivity index (χ1) is 9.06. The van der Waals surface area contributed by atoms with Crippen molar-refractivity contribution >= 4 is 27.4 Å². The van der Waals surface area contributed by atoms with Crippen LogP contribution in [0.1, 0.15) is 30.7 Å². The molecule has 0 spiro atoms. The Kier molecular flexibility index (Phi) is 4.01. The van der Waals surface area contributed by atoms with Crippen molar-refractivity contribution in [3.05, 3.63) is 16.8 Å². The average Bonchev–Trinajstić information content (AvgIpc) is 2.66. The summed E-state index contributed by atoms with van der Waals surface area (Å²) in [5, 5.41) is 9.94. The van der Waals surface area contributed by atoms with E-state index in [1.165, 1.54) is 10.4 Å². The molecule has 4 nitrogen and oxygen atoms in total. The van der Waals surface area contributed by atoms with Gasteiger partial charge < -0.3 is 4.90 Å². The minimum Gasteiger partial charge on any atom is -0.353 e. The van der Waals surface area contributed by atoms with Gasteiger partial charge in [-0.15, -0.1) is 11.3 Å². The number of thiophene rings is 1. The second-order valence-electron chi connectivity index (χ2n) is 4.86. The van der Waals surface area contributed by atoms with Crippen molar-refractivity contribution in [1.82, 2.24) is 9.97 Å². The Labute approximate surface area is 117 Å². The maximum absolute atomic E-state index is 8.81. The van der Waals surface area contributed by atoms with Gasteiger partial charge in [-0.3, -0.25) is 0 Å². The smallest absolute Gasteiger partial charge is 0.141 e. The highest BCUT2D eigenvalue weighted by Crippen LogP contribution is 2.34. The summed E-state index contributed by atoms with van der Waals surface area (Å²) in [6.07, 6.45) is 2.13. The van der Waals surface area contributed by atoms with Gasteiger partial charge in [0, 0.05) is 17.5 Å². The molecule has 0 aliphatic rings. The zero-order valence-electron chi connectivity index (χ0n) is 11.8. The summed E-state index contributed by atoms with van der Waals surface area (Å²) in [5.74, 6) is 0.956. The predicted molar refractivity (Wildman–Crippen MR) is 79.6 cm³/mol. The third-order valence-corrected chi connectivity index (χ3v) is 4.42. The fourth-order valence-corrected chi connectivity index (χ4v) is 3.15. The van der Waals surface area contributed by atoms with Gasteiger partial charge in [0.05, 0.1) is 17.9 Å². The number of nitriles is 1. The van der Waals surface area contributed by atoms with Crippen LogP contribution in [-0.2, 0) is 0 Å². The molecule has 0 atom stereocenters. The summed E-state index contributed by atoms with van der Waals surface area (Å²) in [6.45, 7) is 9.18. The molecule has 0 aliphatic carbocycles. The van der Waals surface area contributed by atoms with Gasteiger partial charge in [-0.2, -0.15) is 5.26 Å². The molecule has 0 amide bonds. The monoisotopic (exact) mass is 274 g/mol. The molecule has 0 N–H and O–H groups in total. The van der Waals surface area contributed by atoms with E-state index in [1.54, 1.807) is 17.7 Å². The summed E-state index contributed by atoms with van der Waals surface area (Å²) in [7, 11) is 0. The Balaban J connectivity index is 2.56. The van der Waals surface area contributed by atoms with E-state index in [9.17, 15) is 0 Å². The van der Waals surface area contributed by atoms with Crippen LogP contribution in [0.2, 0.25) is 0 Å². The lowest BCUT2D eigenvalue weighted by Crippen LogP contribution is -2.32. The highest BCUT2D eigenvalue weighted by molar-refractivity contribution is 7.18. The van der Waals surface area contributed by atoms with Crippen LogP contribution in [0.3, 0.4) is 0 Å². The molecule has 0 aromatic carbocycles. The summed E-state index contributed by atoms with van der Waals surface area (Å²) < 4.78 is 0. The van der Waals surface area contributed by atoms with Gasteiger partial charge >= 0.3 is 0 Å². The Morgan fingerprint density at radius 3 is 2.74 bits per heavy atom. The Morgan fingerprint density at radius 2 is 2.11 bits per heavy atom. The minimum atomic E-state index is 0.311. The number of hydrogen-bond donors (Lipinski definition) is 0. The normalized spacial score (nSPS) is 10.9. The average molecular weight is 274 g/mol. The first kappa shape index (κ1) is 13.8. The molecule has 0 saturated carbocycles. The quantitative estimate of drug-likeness (QED) is 0.857. The molecule has 0 saturated heterocycles. The fraction of sp³-hybridized carbons (Fsp3) is 0.500. The highest BCUT2D eigenvalue weighted by atomic mass is 32.1. The van der Waals surface area contributed by atoms with Crippen LogP contribution >= 0.6 is 11.3 Å². The first-order valence-corrected chi connectivity index (χ1v) is 7.22. The van der Waals surface area contributed by atoms with Gasteiger partial charge in [0.2, 0.25) is 0 Å². The van der Waals surface area contributed by atoms with Crippen LogP contribution in [0.4, 0.5) is 5.82 Å². The molecule has 2 rings (SSSR count). The summed E-state index contributed by atoms with van der Waals surface area (Å²) >= 11 is 1.70. The lowest BCUT2D eigenvalue weighted by molar-refractivity contribution is 0.679. The van der Waals surface area contributed by atoms with Crippen LogP contribution in [0.15, 0.2) is 6.33 Å². The number of aromatic nitrogens is 2. The Bertz CT molecular complexity index is 624. The van der Waals surface area contributed by atoms with E-state index in [1.807, 2.05) is 0 Å². The molecule has 2 aromatic heterocycles. The van der Waals surface area contributed by atoms with Gasteiger partial charge in [-0.05, 0) is 33.3 Å². The van der Waals surface area contributed by atoms with E-state index >= 15 is 0 Å². The number of aryl methyl sites for hydroxylation is 2. The van der Waals surface area contributed by atoms with Crippen LogP contribution in [-0.4, -0.2) is 22.6 Å². The lowest BCUT2D eigenvalue weighted by atomic mass is 10.2. The van der Waals surface area contributed by atoms with Gasteiger partial charge in [0.15, 0.2) is 0 Å². The number of fused-ring (bicyclic) bond motifs is 1. The maximum Gasteiger partial charge on any atom is 0.141 e. The van der Waals surface area contributed by atoms with Gasteiger partial charge in [-0.1, -0.05) is 0 Å². The van der Waals surface area contributed by atoms with Crippen molar-refractivity contribution in [2.75, 3.05) is 11.4 Å². The largest absolute Gasteiger partial charge is 0.353 e. The fourth-order valence-electron chi connectivity index (χ4n) is 2.16. The van der Waals surface area contributed by atoms with Crippen molar-refractivity contribution in [2.24, 2.45) is 0 Å². The molecule has 0 bridgehead atoms. The first-order valence-electron chi connectivity index (χ1n) is 6.40. The Morgan fingerprint density at radius 1 is 1.37 bits per heavy atom. The number of hydrogen-bond acceptors (Lipinski definition) is 5. The van der Waals surface area contributed by atoms with Gasteiger partial charge in [-0.25, -0.2) is 9.97 Å². The number of anilines is 1. The zero-order chi connectivity index (χ0) is 14.0. The standard InChI is InChI=1S/C14H18N4S/c1-9(2)18(7-5-6-15)13-12-10(3)11(4)19-14(12)17-8-16-13/h8-9H,5,7H2,1-4H3. The van der Waals surface area contributed by atoms with E-state index in [2.05, 4.69) is 48.6 Å². The molecular formula is C14H18N4S. The van der Waals surface area contributed by atoms with E-state index in [-0.39, 0.29) is 0 Å². The molecule has 2 heterocycles. The van der Waals surface area contributed by atoms with E-state index < -0.39 is 0 Å². The van der Waals surface area contributed by atoms with Crippen molar-refractivity contribution in [3.63, 3.8) is 0 Å². The lowest BCUT2D eigenvalue weighted by Gasteiger charge is -2.27. The van der Waals surface area contributed by atoms with Crippen molar-refractivity contribution in [3.8, 4) is 6.07 Å². The number of nitrogens with zero attached hydrogens (tertiary/aromatic N) is 4. The second-order valence-corrected chi connectivity index (χ2v) is 6.06. The van der Waals surface area contributed by atoms with E-state index in [4.69, 9.17) is 5.26 Å². The summed E-state index contributed by atoms with van der Waals surface area (Å²) in [6, 6.07) is 2.52. The molecule has 100 valence electrons. The molecule has 0 fully saturated rings. The Hall–Kier alpha value is -1.67. The predicted octanol–water partition coefficient (Wildman–Crippen LogP) is 3.44. The SMILES string of the molecule is Cc1sc2ncnc(N(CCC#N)C(C)C)c2c1C. The molecule has 0 aliphatic heterocycles. The van der Waals surface area contributed by atoms with Crippen molar-refractivity contribution < 1.29 is 0 Å². The third-order valence-electron chi connectivity index (χ3n) is 3.31.